The van der Waals surface area contributed by atoms with E-state index >= 15 is 0 Å². The summed E-state index contributed by atoms with van der Waals surface area (Å²) in [5.74, 6) is -0.333. The molecule has 1 atom stereocenters. The van der Waals surface area contributed by atoms with Crippen LogP contribution in [0.5, 0.6) is 0 Å². The van der Waals surface area contributed by atoms with Crippen LogP contribution in [0.25, 0.3) is 22.2 Å². The minimum atomic E-state index is -2.89. The monoisotopic (exact) mass is 573 g/mol. The number of rotatable bonds is 7. The lowest BCUT2D eigenvalue weighted by Crippen LogP contribution is -2.50. The van der Waals surface area contributed by atoms with E-state index in [0.29, 0.717) is 47.8 Å². The summed E-state index contributed by atoms with van der Waals surface area (Å²) in [7, 11) is 0. The van der Waals surface area contributed by atoms with E-state index in [1.165, 1.54) is 6.92 Å². The zero-order valence-corrected chi connectivity index (χ0v) is 22.4. The van der Waals surface area contributed by atoms with Gasteiger partial charge in [0.15, 0.2) is 11.4 Å². The predicted octanol–water partition coefficient (Wildman–Crippen LogP) is 3.78. The van der Waals surface area contributed by atoms with E-state index in [0.717, 1.165) is 16.7 Å². The van der Waals surface area contributed by atoms with Gasteiger partial charge in [-0.2, -0.15) is 13.8 Å². The third kappa shape index (κ3) is 5.56. The van der Waals surface area contributed by atoms with E-state index in [9.17, 15) is 18.4 Å². The van der Waals surface area contributed by atoms with Crippen LogP contribution in [0.4, 0.5) is 14.8 Å². The van der Waals surface area contributed by atoms with Crippen LogP contribution in [0.3, 0.4) is 0 Å². The topological polar surface area (TPSA) is 135 Å². The highest BCUT2D eigenvalue weighted by Gasteiger charge is 2.32. The average molecular weight is 574 g/mol. The number of hydrogen-bond acceptors (Lipinski definition) is 9. The fraction of sp³-hybridized carbons (Fsp3) is 0.250. The number of oxazole rings is 1. The number of benzene rings is 2. The number of nitrogens with zero attached hydrogens (tertiary/aromatic N) is 8. The van der Waals surface area contributed by atoms with Crippen LogP contribution in [-0.4, -0.2) is 78.0 Å². The Hall–Kier alpha value is -5.11. The third-order valence-electron chi connectivity index (χ3n) is 6.93. The Labute approximate surface area is 238 Å². The van der Waals surface area contributed by atoms with Crippen molar-refractivity contribution in [1.29, 1.82) is 0 Å². The number of nitrogens with one attached hydrogen (secondary N) is 1. The SMILES string of the molecule is CC(=O)Nc1nc2cc(-c3ccnc(C(=O)N4CCN([C@H](c5ccccc5)c5nnn(C(F)F)n5)CC4)c3)ccc2o1. The first-order chi connectivity index (χ1) is 20.4. The highest BCUT2D eigenvalue weighted by atomic mass is 19.3. The van der Waals surface area contributed by atoms with Gasteiger partial charge in [-0.05, 0) is 46.2 Å². The number of fused-ring (bicyclic) bond motifs is 1. The zero-order chi connectivity index (χ0) is 29.2. The molecule has 14 heteroatoms. The van der Waals surface area contributed by atoms with Crippen molar-refractivity contribution in [3.05, 3.63) is 83.9 Å². The van der Waals surface area contributed by atoms with Gasteiger partial charge in [-0.25, -0.2) is 0 Å². The van der Waals surface area contributed by atoms with Gasteiger partial charge in [0, 0.05) is 39.3 Å². The molecule has 2 aromatic carbocycles. The second-order valence-electron chi connectivity index (χ2n) is 9.70. The molecular formula is C28H25F2N9O3. The molecular weight excluding hydrogens is 548 g/mol. The quantitative estimate of drug-likeness (QED) is 0.309. The predicted molar refractivity (Wildman–Crippen MR) is 146 cm³/mol. The van der Waals surface area contributed by atoms with Crippen molar-refractivity contribution in [2.75, 3.05) is 31.5 Å². The Morgan fingerprint density at radius 2 is 1.74 bits per heavy atom. The van der Waals surface area contributed by atoms with Crippen LogP contribution in [-0.2, 0) is 4.79 Å². The summed E-state index contributed by atoms with van der Waals surface area (Å²) in [5.41, 5.74) is 3.80. The van der Waals surface area contributed by atoms with Gasteiger partial charge in [-0.3, -0.25) is 24.8 Å². The van der Waals surface area contributed by atoms with Crippen molar-refractivity contribution in [2.45, 2.75) is 19.5 Å². The lowest BCUT2D eigenvalue weighted by Gasteiger charge is -2.38. The summed E-state index contributed by atoms with van der Waals surface area (Å²) < 4.78 is 31.8. The molecule has 0 unspecified atom stereocenters. The van der Waals surface area contributed by atoms with E-state index in [4.69, 9.17) is 4.42 Å². The van der Waals surface area contributed by atoms with Crippen molar-refractivity contribution >= 4 is 28.9 Å². The number of anilines is 1. The molecule has 42 heavy (non-hydrogen) atoms. The molecule has 2 amide bonds. The molecule has 5 aromatic rings. The van der Waals surface area contributed by atoms with Gasteiger partial charge < -0.3 is 9.32 Å². The number of alkyl halides is 2. The number of amides is 2. The maximum atomic E-state index is 13.5. The van der Waals surface area contributed by atoms with Crippen molar-refractivity contribution < 1.29 is 22.8 Å². The molecule has 6 rings (SSSR count). The molecule has 0 radical (unpaired) electrons. The Morgan fingerprint density at radius 1 is 0.976 bits per heavy atom. The summed E-state index contributed by atoms with van der Waals surface area (Å²) in [4.78, 5) is 37.5. The number of hydrogen-bond donors (Lipinski definition) is 1. The Morgan fingerprint density at radius 3 is 2.45 bits per heavy atom. The van der Waals surface area contributed by atoms with Crippen LogP contribution >= 0.6 is 0 Å². The van der Waals surface area contributed by atoms with Gasteiger partial charge >= 0.3 is 12.6 Å². The first-order valence-corrected chi connectivity index (χ1v) is 13.2. The van der Waals surface area contributed by atoms with Crippen LogP contribution in [0.15, 0.2) is 71.3 Å². The number of aromatic nitrogens is 6. The number of carbonyl (C=O) groups excluding carboxylic acids is 2. The van der Waals surface area contributed by atoms with E-state index in [-0.39, 0.29) is 23.7 Å². The molecule has 3 aromatic heterocycles. The first-order valence-electron chi connectivity index (χ1n) is 13.2. The lowest BCUT2D eigenvalue weighted by atomic mass is 10.0. The van der Waals surface area contributed by atoms with E-state index in [2.05, 4.69) is 35.6 Å². The van der Waals surface area contributed by atoms with Crippen LogP contribution in [0.1, 0.15) is 41.4 Å². The van der Waals surface area contributed by atoms with Gasteiger partial charge in [0.05, 0.1) is 6.04 Å². The van der Waals surface area contributed by atoms with E-state index in [1.807, 2.05) is 42.5 Å². The fourth-order valence-electron chi connectivity index (χ4n) is 4.97. The van der Waals surface area contributed by atoms with Crippen LogP contribution < -0.4 is 5.32 Å². The smallest absolute Gasteiger partial charge is 0.350 e. The molecule has 12 nitrogen and oxygen atoms in total. The second-order valence-corrected chi connectivity index (χ2v) is 9.70. The molecule has 0 bridgehead atoms. The van der Waals surface area contributed by atoms with Crippen molar-refractivity contribution in [2.24, 2.45) is 0 Å². The van der Waals surface area contributed by atoms with Crippen molar-refractivity contribution in [1.82, 2.24) is 40.0 Å². The normalized spacial score (nSPS) is 14.8. The molecule has 1 aliphatic heterocycles. The van der Waals surface area contributed by atoms with Gasteiger partial charge in [0.25, 0.3) is 5.91 Å². The number of pyridine rings is 1. The maximum absolute atomic E-state index is 13.5. The molecule has 0 spiro atoms. The molecule has 1 fully saturated rings. The van der Waals surface area contributed by atoms with E-state index < -0.39 is 12.6 Å². The summed E-state index contributed by atoms with van der Waals surface area (Å²) >= 11 is 0. The number of piperazine rings is 1. The van der Waals surface area contributed by atoms with Crippen molar-refractivity contribution in [3.8, 4) is 11.1 Å². The Bertz CT molecular complexity index is 1730. The maximum Gasteiger partial charge on any atom is 0.350 e. The molecule has 0 saturated carbocycles. The number of carbonyl (C=O) groups is 2. The third-order valence-corrected chi connectivity index (χ3v) is 6.93. The minimum absolute atomic E-state index is 0.114. The van der Waals surface area contributed by atoms with Gasteiger partial charge in [-0.1, -0.05) is 41.2 Å². The number of tetrazole rings is 1. The fourth-order valence-corrected chi connectivity index (χ4v) is 4.97. The zero-order valence-electron chi connectivity index (χ0n) is 22.4. The highest BCUT2D eigenvalue weighted by molar-refractivity contribution is 5.94. The average Bonchev–Trinajstić information content (AvgIpc) is 3.64. The molecule has 214 valence electrons. The molecule has 1 aliphatic rings. The standard InChI is InChI=1S/C28H25F2N9O3/c1-17(40)32-28-33-21-15-19(7-8-23(21)42-28)20-9-10-31-22(16-20)26(41)38-13-11-37(12-14-38)24(18-5-3-2-4-6-18)25-34-36-39(35-25)27(29)30/h2-10,15-16,24,27H,11-14H2,1H3,(H,32,33,40)/t24-/m1/s1. The van der Waals surface area contributed by atoms with E-state index in [1.54, 1.807) is 29.3 Å². The Balaban J connectivity index is 1.18. The highest BCUT2D eigenvalue weighted by Crippen LogP contribution is 2.29. The van der Waals surface area contributed by atoms with Crippen LogP contribution in [0.2, 0.25) is 0 Å². The second kappa shape index (κ2) is 11.4. The summed E-state index contributed by atoms with van der Waals surface area (Å²) in [6.45, 7) is 0.208. The Kier molecular flexibility index (Phi) is 7.35. The summed E-state index contributed by atoms with van der Waals surface area (Å²) in [6.07, 6.45) is 1.58. The van der Waals surface area contributed by atoms with Gasteiger partial charge in [0.1, 0.15) is 11.2 Å². The minimum Gasteiger partial charge on any atom is -0.423 e. The largest absolute Gasteiger partial charge is 0.423 e. The molecule has 1 saturated heterocycles. The summed E-state index contributed by atoms with van der Waals surface area (Å²) in [6, 6.07) is 17.9. The van der Waals surface area contributed by atoms with Gasteiger partial charge in [-0.15, -0.1) is 10.2 Å². The van der Waals surface area contributed by atoms with Gasteiger partial charge in [0.2, 0.25) is 5.91 Å². The van der Waals surface area contributed by atoms with Crippen molar-refractivity contribution in [3.63, 3.8) is 0 Å². The first kappa shape index (κ1) is 27.1. The molecule has 0 aliphatic carbocycles. The van der Waals surface area contributed by atoms with Crippen LogP contribution in [0, 0.1) is 0 Å². The lowest BCUT2D eigenvalue weighted by molar-refractivity contribution is -0.114. The summed E-state index contributed by atoms with van der Waals surface area (Å²) in [5, 5.41) is 13.9. The molecule has 4 heterocycles. The molecule has 1 N–H and O–H groups in total. The number of halogens is 2.